The first-order valence-corrected chi connectivity index (χ1v) is 10.8. The summed E-state index contributed by atoms with van der Waals surface area (Å²) in [6.45, 7) is -0.526. The first kappa shape index (κ1) is 21.8. The molecule has 0 fully saturated rings. The second kappa shape index (κ2) is 9.71. The molecule has 0 atom stereocenters. The van der Waals surface area contributed by atoms with Gasteiger partial charge in [0.1, 0.15) is 6.54 Å². The van der Waals surface area contributed by atoms with Crippen LogP contribution in [-0.2, 0) is 14.8 Å². The van der Waals surface area contributed by atoms with E-state index in [1.165, 1.54) is 36.5 Å². The molecule has 0 spiro atoms. The largest absolute Gasteiger partial charge is 0.271 e. The van der Waals surface area contributed by atoms with Gasteiger partial charge in [0.05, 0.1) is 16.8 Å². The van der Waals surface area contributed by atoms with Gasteiger partial charge in [-0.25, -0.2) is 13.8 Å². The normalized spacial score (nSPS) is 11.4. The monoisotopic (exact) mass is 462 g/mol. The summed E-state index contributed by atoms with van der Waals surface area (Å²) in [6.07, 6.45) is 4.59. The average molecular weight is 463 g/mol. The van der Waals surface area contributed by atoms with Crippen LogP contribution in [0.4, 0.5) is 5.69 Å². The van der Waals surface area contributed by atoms with Gasteiger partial charge < -0.3 is 0 Å². The molecule has 0 saturated heterocycles. The van der Waals surface area contributed by atoms with E-state index in [9.17, 15) is 13.2 Å². The van der Waals surface area contributed by atoms with Crippen molar-refractivity contribution in [2.45, 2.75) is 4.90 Å². The zero-order valence-corrected chi connectivity index (χ0v) is 17.8. The number of amides is 1. The van der Waals surface area contributed by atoms with Crippen LogP contribution in [0.3, 0.4) is 0 Å². The number of sulfonamides is 1. The molecule has 2 aromatic carbocycles. The van der Waals surface area contributed by atoms with Crippen LogP contribution in [0.5, 0.6) is 0 Å². The molecule has 3 aromatic rings. The summed E-state index contributed by atoms with van der Waals surface area (Å²) >= 11 is 12.1. The summed E-state index contributed by atoms with van der Waals surface area (Å²) < 4.78 is 27.3. The number of aromatic nitrogens is 1. The summed E-state index contributed by atoms with van der Waals surface area (Å²) in [5.41, 5.74) is 3.20. The van der Waals surface area contributed by atoms with Gasteiger partial charge in [0, 0.05) is 22.4 Å². The van der Waals surface area contributed by atoms with Gasteiger partial charge in [-0.05, 0) is 48.0 Å². The molecule has 0 aliphatic rings. The zero-order chi connectivity index (χ0) is 21.6. The van der Waals surface area contributed by atoms with Crippen molar-refractivity contribution in [3.8, 4) is 0 Å². The minimum atomic E-state index is -4.06. The highest BCUT2D eigenvalue weighted by Gasteiger charge is 2.27. The number of nitrogens with zero attached hydrogens (tertiary/aromatic N) is 3. The number of rotatable bonds is 7. The molecular weight excluding hydrogens is 447 g/mol. The van der Waals surface area contributed by atoms with E-state index >= 15 is 0 Å². The lowest BCUT2D eigenvalue weighted by molar-refractivity contribution is -0.119. The number of halogens is 2. The lowest BCUT2D eigenvalue weighted by Gasteiger charge is -2.24. The summed E-state index contributed by atoms with van der Waals surface area (Å²) in [5.74, 6) is -0.643. The Morgan fingerprint density at radius 3 is 2.30 bits per heavy atom. The zero-order valence-electron chi connectivity index (χ0n) is 15.4. The predicted molar refractivity (Wildman–Crippen MR) is 117 cm³/mol. The van der Waals surface area contributed by atoms with Gasteiger partial charge in [0.2, 0.25) is 0 Å². The maximum atomic E-state index is 13.2. The van der Waals surface area contributed by atoms with Gasteiger partial charge in [-0.2, -0.15) is 5.10 Å². The first-order valence-electron chi connectivity index (χ1n) is 8.62. The van der Waals surface area contributed by atoms with Crippen molar-refractivity contribution in [1.29, 1.82) is 0 Å². The van der Waals surface area contributed by atoms with Gasteiger partial charge in [0.25, 0.3) is 15.9 Å². The molecule has 7 nitrogen and oxygen atoms in total. The molecule has 1 aromatic heterocycles. The Bertz CT molecular complexity index is 1140. The molecular formula is C20H16Cl2N4O3S. The standard InChI is InChI=1S/C20H16Cl2N4O3S/c21-16-10-17(22)12-18(11-16)26(30(28,29)19-4-2-1-3-5-19)14-20(27)25-24-13-15-6-8-23-9-7-15/h1-13H,14H2,(H,25,27)/b24-13-. The highest BCUT2D eigenvalue weighted by molar-refractivity contribution is 7.92. The van der Waals surface area contributed by atoms with E-state index in [0.29, 0.717) is 0 Å². The number of hydrogen-bond donors (Lipinski definition) is 1. The Morgan fingerprint density at radius 2 is 1.67 bits per heavy atom. The predicted octanol–water partition coefficient (Wildman–Crippen LogP) is 3.73. The van der Waals surface area contributed by atoms with E-state index in [2.05, 4.69) is 15.5 Å². The fourth-order valence-electron chi connectivity index (χ4n) is 2.51. The number of pyridine rings is 1. The minimum Gasteiger partial charge on any atom is -0.271 e. The number of hydrazone groups is 1. The van der Waals surface area contributed by atoms with E-state index in [-0.39, 0.29) is 20.6 Å². The third-order valence-electron chi connectivity index (χ3n) is 3.86. The summed E-state index contributed by atoms with van der Waals surface area (Å²) in [7, 11) is -4.06. The quantitative estimate of drug-likeness (QED) is 0.427. The molecule has 1 N–H and O–H groups in total. The van der Waals surface area contributed by atoms with Crippen LogP contribution in [0.25, 0.3) is 0 Å². The second-order valence-corrected chi connectivity index (χ2v) is 8.76. The third kappa shape index (κ3) is 5.56. The van der Waals surface area contributed by atoms with Crippen LogP contribution in [0.15, 0.2) is 83.1 Å². The Balaban J connectivity index is 1.88. The van der Waals surface area contributed by atoms with Crippen molar-refractivity contribution in [3.05, 3.63) is 88.7 Å². The smallest absolute Gasteiger partial charge is 0.264 e. The van der Waals surface area contributed by atoms with Crippen LogP contribution in [0.1, 0.15) is 5.56 Å². The molecule has 1 heterocycles. The van der Waals surface area contributed by atoms with Crippen molar-refractivity contribution >= 4 is 51.0 Å². The maximum Gasteiger partial charge on any atom is 0.264 e. The molecule has 0 bridgehead atoms. The van der Waals surface area contributed by atoms with Crippen LogP contribution in [0.2, 0.25) is 10.0 Å². The van der Waals surface area contributed by atoms with Gasteiger partial charge in [0.15, 0.2) is 0 Å². The van der Waals surface area contributed by atoms with E-state index in [0.717, 1.165) is 9.87 Å². The molecule has 154 valence electrons. The first-order chi connectivity index (χ1) is 14.4. The van der Waals surface area contributed by atoms with Crippen molar-refractivity contribution < 1.29 is 13.2 Å². The lowest BCUT2D eigenvalue weighted by atomic mass is 10.3. The van der Waals surface area contributed by atoms with Crippen molar-refractivity contribution in [2.75, 3.05) is 10.8 Å². The fraction of sp³-hybridized carbons (Fsp3) is 0.0500. The van der Waals surface area contributed by atoms with Crippen LogP contribution in [0, 0.1) is 0 Å². The van der Waals surface area contributed by atoms with E-state index in [4.69, 9.17) is 23.2 Å². The second-order valence-electron chi connectivity index (χ2n) is 6.03. The summed E-state index contributed by atoms with van der Waals surface area (Å²) in [4.78, 5) is 16.4. The van der Waals surface area contributed by atoms with Crippen LogP contribution in [-0.4, -0.2) is 32.1 Å². The molecule has 3 rings (SSSR count). The van der Waals surface area contributed by atoms with Gasteiger partial charge in [-0.15, -0.1) is 0 Å². The number of hydrogen-bond acceptors (Lipinski definition) is 5. The Morgan fingerprint density at radius 1 is 1.03 bits per heavy atom. The molecule has 0 aliphatic carbocycles. The summed E-state index contributed by atoms with van der Waals surface area (Å²) in [6, 6.07) is 15.5. The third-order valence-corrected chi connectivity index (χ3v) is 6.09. The highest BCUT2D eigenvalue weighted by Crippen LogP contribution is 2.29. The number of anilines is 1. The molecule has 0 unspecified atom stereocenters. The van der Waals surface area contributed by atoms with Gasteiger partial charge in [-0.1, -0.05) is 41.4 Å². The number of benzene rings is 2. The van der Waals surface area contributed by atoms with Crippen molar-refractivity contribution in [1.82, 2.24) is 10.4 Å². The van der Waals surface area contributed by atoms with Crippen LogP contribution < -0.4 is 9.73 Å². The van der Waals surface area contributed by atoms with E-state index in [1.807, 2.05) is 0 Å². The van der Waals surface area contributed by atoms with Crippen molar-refractivity contribution in [2.24, 2.45) is 5.10 Å². The fourth-order valence-corrected chi connectivity index (χ4v) is 4.45. The number of nitrogens with one attached hydrogen (secondary N) is 1. The molecule has 0 aliphatic heterocycles. The van der Waals surface area contributed by atoms with E-state index in [1.54, 1.807) is 42.7 Å². The van der Waals surface area contributed by atoms with Gasteiger partial charge >= 0.3 is 0 Å². The van der Waals surface area contributed by atoms with Gasteiger partial charge in [-0.3, -0.25) is 14.1 Å². The maximum absolute atomic E-state index is 13.2. The Labute approximate surface area is 184 Å². The molecule has 30 heavy (non-hydrogen) atoms. The number of carbonyl (C=O) groups excluding carboxylic acids is 1. The highest BCUT2D eigenvalue weighted by atomic mass is 35.5. The topological polar surface area (TPSA) is 91.7 Å². The molecule has 10 heteroatoms. The van der Waals surface area contributed by atoms with E-state index < -0.39 is 22.5 Å². The minimum absolute atomic E-state index is 0.0224. The summed E-state index contributed by atoms with van der Waals surface area (Å²) in [5, 5.41) is 4.33. The SMILES string of the molecule is O=C(CN(c1cc(Cl)cc(Cl)c1)S(=O)(=O)c1ccccc1)N/N=C\c1ccncc1. The number of carbonyl (C=O) groups is 1. The molecule has 0 radical (unpaired) electrons. The molecule has 0 saturated carbocycles. The van der Waals surface area contributed by atoms with Crippen LogP contribution >= 0.6 is 23.2 Å². The lowest BCUT2D eigenvalue weighted by Crippen LogP contribution is -2.39. The van der Waals surface area contributed by atoms with Crippen molar-refractivity contribution in [3.63, 3.8) is 0 Å². The Hall–Kier alpha value is -2.94. The molecule has 1 amide bonds. The average Bonchev–Trinajstić information content (AvgIpc) is 2.72. The Kier molecular flexibility index (Phi) is 7.04.